The van der Waals surface area contributed by atoms with Crippen LogP contribution in [-0.2, 0) is 13.0 Å². The maximum atomic E-state index is 12.8. The fourth-order valence-corrected chi connectivity index (χ4v) is 1.98. The van der Waals surface area contributed by atoms with Gasteiger partial charge in [0, 0.05) is 12.1 Å². The first-order valence-corrected chi connectivity index (χ1v) is 6.50. The topological polar surface area (TPSA) is 41.5 Å². The summed E-state index contributed by atoms with van der Waals surface area (Å²) >= 11 is 0. The number of phenolic OH excluding ortho intramolecular Hbond substituents is 1. The molecule has 0 aromatic heterocycles. The largest absolute Gasteiger partial charge is 0.504 e. The van der Waals surface area contributed by atoms with Crippen LogP contribution < -0.4 is 10.1 Å². The fraction of sp³-hybridized carbons (Fsp3) is 0.250. The summed E-state index contributed by atoms with van der Waals surface area (Å²) in [7, 11) is 1.53. The maximum Gasteiger partial charge on any atom is 0.162 e. The molecule has 0 spiro atoms. The lowest BCUT2D eigenvalue weighted by molar-refractivity contribution is 0.369. The van der Waals surface area contributed by atoms with Crippen molar-refractivity contribution in [3.8, 4) is 11.5 Å². The number of rotatable bonds is 6. The number of para-hydroxylation sites is 1. The third-order valence-electron chi connectivity index (χ3n) is 3.12. The van der Waals surface area contributed by atoms with Gasteiger partial charge in [-0.25, -0.2) is 4.39 Å². The van der Waals surface area contributed by atoms with E-state index in [4.69, 9.17) is 4.74 Å². The average molecular weight is 312 g/mol. The third-order valence-corrected chi connectivity index (χ3v) is 3.12. The van der Waals surface area contributed by atoms with Gasteiger partial charge in [0.05, 0.1) is 7.11 Å². The van der Waals surface area contributed by atoms with Crippen LogP contribution in [0, 0.1) is 5.82 Å². The highest BCUT2D eigenvalue weighted by Gasteiger charge is 2.06. The Hall–Kier alpha value is -1.78. The molecule has 0 unspecified atom stereocenters. The average Bonchev–Trinajstić information content (AvgIpc) is 2.47. The molecule has 5 heteroatoms. The first kappa shape index (κ1) is 17.3. The Bertz CT molecular complexity index is 561. The Labute approximate surface area is 130 Å². The highest BCUT2D eigenvalue weighted by molar-refractivity contribution is 5.85. The van der Waals surface area contributed by atoms with Crippen LogP contribution in [0.25, 0.3) is 0 Å². The summed E-state index contributed by atoms with van der Waals surface area (Å²) in [6.45, 7) is 1.31. The Morgan fingerprint density at radius 1 is 1.14 bits per heavy atom. The van der Waals surface area contributed by atoms with Crippen molar-refractivity contribution < 1.29 is 14.2 Å². The molecule has 114 valence electrons. The van der Waals surface area contributed by atoms with Crippen molar-refractivity contribution in [2.45, 2.75) is 13.0 Å². The first-order valence-electron chi connectivity index (χ1n) is 6.50. The van der Waals surface area contributed by atoms with Crippen molar-refractivity contribution in [3.63, 3.8) is 0 Å². The molecule has 3 nitrogen and oxygen atoms in total. The SMILES string of the molecule is COc1cccc(CNCCc2ccc(F)cc2)c1O.Cl. The van der Waals surface area contributed by atoms with Gasteiger partial charge in [-0.05, 0) is 36.7 Å². The van der Waals surface area contributed by atoms with Crippen LogP contribution in [0.3, 0.4) is 0 Å². The molecule has 2 N–H and O–H groups in total. The Kier molecular flexibility index (Phi) is 6.99. The van der Waals surface area contributed by atoms with Crippen LogP contribution in [0.5, 0.6) is 11.5 Å². The minimum Gasteiger partial charge on any atom is -0.504 e. The Morgan fingerprint density at radius 2 is 1.86 bits per heavy atom. The van der Waals surface area contributed by atoms with Crippen LogP contribution in [0.2, 0.25) is 0 Å². The lowest BCUT2D eigenvalue weighted by Crippen LogP contribution is -2.16. The molecule has 0 aliphatic carbocycles. The zero-order valence-corrected chi connectivity index (χ0v) is 12.6. The number of halogens is 2. The zero-order valence-electron chi connectivity index (χ0n) is 11.8. The van der Waals surface area contributed by atoms with Gasteiger partial charge in [-0.1, -0.05) is 24.3 Å². The van der Waals surface area contributed by atoms with E-state index in [2.05, 4.69) is 5.32 Å². The van der Waals surface area contributed by atoms with Crippen molar-refractivity contribution in [1.29, 1.82) is 0 Å². The molecule has 0 aliphatic rings. The van der Waals surface area contributed by atoms with E-state index in [1.54, 1.807) is 18.2 Å². The number of hydrogen-bond donors (Lipinski definition) is 2. The summed E-state index contributed by atoms with van der Waals surface area (Å²) in [4.78, 5) is 0. The van der Waals surface area contributed by atoms with Gasteiger partial charge in [0.25, 0.3) is 0 Å². The van der Waals surface area contributed by atoms with Crippen molar-refractivity contribution in [3.05, 3.63) is 59.4 Å². The van der Waals surface area contributed by atoms with E-state index in [1.807, 2.05) is 12.1 Å². The van der Waals surface area contributed by atoms with Crippen LogP contribution in [-0.4, -0.2) is 18.8 Å². The molecule has 0 saturated heterocycles. The number of aromatic hydroxyl groups is 1. The monoisotopic (exact) mass is 311 g/mol. The molecule has 0 amide bonds. The number of hydrogen-bond acceptors (Lipinski definition) is 3. The zero-order chi connectivity index (χ0) is 14.4. The summed E-state index contributed by atoms with van der Waals surface area (Å²) in [6.07, 6.45) is 0.811. The van der Waals surface area contributed by atoms with Gasteiger partial charge in [-0.15, -0.1) is 12.4 Å². The maximum absolute atomic E-state index is 12.8. The molecule has 21 heavy (non-hydrogen) atoms. The molecule has 0 atom stereocenters. The Morgan fingerprint density at radius 3 is 2.52 bits per heavy atom. The van der Waals surface area contributed by atoms with E-state index in [9.17, 15) is 9.50 Å². The minimum atomic E-state index is -0.219. The molecular weight excluding hydrogens is 293 g/mol. The molecule has 0 heterocycles. The fourth-order valence-electron chi connectivity index (χ4n) is 1.98. The number of nitrogens with one attached hydrogen (secondary N) is 1. The van der Waals surface area contributed by atoms with E-state index in [-0.39, 0.29) is 24.0 Å². The summed E-state index contributed by atoms with van der Waals surface area (Å²) in [5.74, 6) is 0.426. The summed E-state index contributed by atoms with van der Waals surface area (Å²) < 4.78 is 17.8. The molecule has 0 aliphatic heterocycles. The van der Waals surface area contributed by atoms with Gasteiger partial charge in [0.2, 0.25) is 0 Å². The minimum absolute atomic E-state index is 0. The van der Waals surface area contributed by atoms with Gasteiger partial charge >= 0.3 is 0 Å². The van der Waals surface area contributed by atoms with Gasteiger partial charge in [0.15, 0.2) is 11.5 Å². The number of ether oxygens (including phenoxy) is 1. The lowest BCUT2D eigenvalue weighted by Gasteiger charge is -2.09. The van der Waals surface area contributed by atoms with Crippen molar-refractivity contribution in [2.24, 2.45) is 0 Å². The summed E-state index contributed by atoms with van der Waals surface area (Å²) in [5.41, 5.74) is 1.87. The molecule has 2 rings (SSSR count). The first-order chi connectivity index (χ1) is 9.70. The molecule has 0 fully saturated rings. The highest BCUT2D eigenvalue weighted by Crippen LogP contribution is 2.28. The number of benzene rings is 2. The normalized spacial score (nSPS) is 10.0. The number of phenols is 1. The molecular formula is C16H19ClFNO2. The standard InChI is InChI=1S/C16H18FNO2.ClH/c1-20-15-4-2-3-13(16(15)19)11-18-10-9-12-5-7-14(17)8-6-12;/h2-8,18-19H,9-11H2,1H3;1H. The van der Waals surface area contributed by atoms with Crippen molar-refractivity contribution in [2.75, 3.05) is 13.7 Å². The predicted octanol–water partition coefficient (Wildman–Crippen LogP) is 3.29. The van der Waals surface area contributed by atoms with Gasteiger partial charge in [-0.2, -0.15) is 0 Å². The van der Waals surface area contributed by atoms with Crippen LogP contribution in [0.15, 0.2) is 42.5 Å². The smallest absolute Gasteiger partial charge is 0.162 e. The van der Waals surface area contributed by atoms with Crippen LogP contribution in [0.4, 0.5) is 4.39 Å². The second-order valence-corrected chi connectivity index (χ2v) is 4.52. The van der Waals surface area contributed by atoms with Crippen molar-refractivity contribution in [1.82, 2.24) is 5.32 Å². The van der Waals surface area contributed by atoms with E-state index >= 15 is 0 Å². The van der Waals surface area contributed by atoms with Crippen LogP contribution in [0.1, 0.15) is 11.1 Å². The molecule has 2 aromatic rings. The summed E-state index contributed by atoms with van der Waals surface area (Å²) in [5, 5.41) is 13.2. The van der Waals surface area contributed by atoms with E-state index < -0.39 is 0 Å². The van der Waals surface area contributed by atoms with Gasteiger partial charge in [0.1, 0.15) is 5.82 Å². The summed E-state index contributed by atoms with van der Waals surface area (Å²) in [6, 6.07) is 11.9. The van der Waals surface area contributed by atoms with Gasteiger partial charge < -0.3 is 15.2 Å². The second kappa shape index (κ2) is 8.49. The quantitative estimate of drug-likeness (QED) is 0.804. The molecule has 2 aromatic carbocycles. The molecule has 0 saturated carbocycles. The van der Waals surface area contributed by atoms with Crippen molar-refractivity contribution >= 4 is 12.4 Å². The Balaban J connectivity index is 0.00000220. The number of methoxy groups -OCH3 is 1. The van der Waals surface area contributed by atoms with Gasteiger partial charge in [-0.3, -0.25) is 0 Å². The van der Waals surface area contributed by atoms with E-state index in [1.165, 1.54) is 19.2 Å². The lowest BCUT2D eigenvalue weighted by atomic mass is 10.1. The molecule has 0 bridgehead atoms. The van der Waals surface area contributed by atoms with Crippen LogP contribution >= 0.6 is 12.4 Å². The van der Waals surface area contributed by atoms with E-state index in [0.717, 1.165) is 24.1 Å². The highest BCUT2D eigenvalue weighted by atomic mass is 35.5. The van der Waals surface area contributed by atoms with E-state index in [0.29, 0.717) is 12.3 Å². The predicted molar refractivity (Wildman–Crippen MR) is 83.7 cm³/mol. The third kappa shape index (κ3) is 4.92. The second-order valence-electron chi connectivity index (χ2n) is 4.52. The molecule has 0 radical (unpaired) electrons.